The van der Waals surface area contributed by atoms with E-state index in [9.17, 15) is 0 Å². The third-order valence-corrected chi connectivity index (χ3v) is 2.83. The van der Waals surface area contributed by atoms with Crippen LogP contribution in [-0.4, -0.2) is 18.0 Å². The molecule has 0 aliphatic carbocycles. The first-order valence-electron chi connectivity index (χ1n) is 6.20. The molecule has 0 aliphatic heterocycles. The highest BCUT2D eigenvalue weighted by Crippen LogP contribution is 2.15. The number of nitrogens with zero attached hydrogens (tertiary/aromatic N) is 1. The molecule has 0 saturated carbocycles. The van der Waals surface area contributed by atoms with Crippen molar-refractivity contribution in [1.29, 1.82) is 0 Å². The van der Waals surface area contributed by atoms with Crippen LogP contribution in [0.2, 0.25) is 0 Å². The van der Waals surface area contributed by atoms with E-state index in [4.69, 9.17) is 0 Å². The molecule has 1 aromatic carbocycles. The first-order chi connectivity index (χ1) is 8.17. The summed E-state index contributed by atoms with van der Waals surface area (Å²) in [5, 5.41) is 0. The van der Waals surface area contributed by atoms with E-state index in [-0.39, 0.29) is 0 Å². The van der Waals surface area contributed by atoms with E-state index in [2.05, 4.69) is 56.2 Å². The predicted molar refractivity (Wildman–Crippen MR) is 76.2 cm³/mol. The van der Waals surface area contributed by atoms with E-state index in [0.717, 1.165) is 19.6 Å². The molecule has 0 aromatic heterocycles. The molecular formula is C16H23N. The maximum absolute atomic E-state index is 3.79. The Balaban J connectivity index is 2.65. The highest BCUT2D eigenvalue weighted by molar-refractivity contribution is 5.24. The van der Waals surface area contributed by atoms with Crippen LogP contribution in [0.15, 0.2) is 49.6 Å². The van der Waals surface area contributed by atoms with Gasteiger partial charge in [-0.15, -0.1) is 13.2 Å². The van der Waals surface area contributed by atoms with E-state index in [1.807, 2.05) is 12.2 Å². The lowest BCUT2D eigenvalue weighted by atomic mass is 10.0. The van der Waals surface area contributed by atoms with Crippen molar-refractivity contribution >= 4 is 0 Å². The summed E-state index contributed by atoms with van der Waals surface area (Å²) in [6.07, 6.45) is 3.87. The molecule has 0 aliphatic rings. The molecule has 0 unspecified atom stereocenters. The summed E-state index contributed by atoms with van der Waals surface area (Å²) in [5.74, 6) is 0.599. The molecule has 0 spiro atoms. The molecule has 1 nitrogen and oxygen atoms in total. The minimum atomic E-state index is 0.599. The minimum absolute atomic E-state index is 0.599. The van der Waals surface area contributed by atoms with E-state index in [0.29, 0.717) is 5.92 Å². The SMILES string of the molecule is C=CCN(CC=C)Cc1ccc(C(C)C)cc1. The van der Waals surface area contributed by atoms with Crippen LogP contribution in [0.25, 0.3) is 0 Å². The van der Waals surface area contributed by atoms with Crippen molar-refractivity contribution in [3.8, 4) is 0 Å². The lowest BCUT2D eigenvalue weighted by Crippen LogP contribution is -2.23. The first-order valence-corrected chi connectivity index (χ1v) is 6.20. The highest BCUT2D eigenvalue weighted by Gasteiger charge is 2.03. The molecule has 92 valence electrons. The summed E-state index contributed by atoms with van der Waals surface area (Å²) in [6.45, 7) is 14.8. The van der Waals surface area contributed by atoms with Gasteiger partial charge < -0.3 is 0 Å². The first kappa shape index (κ1) is 13.7. The van der Waals surface area contributed by atoms with Gasteiger partial charge in [0, 0.05) is 19.6 Å². The Morgan fingerprint density at radius 2 is 1.59 bits per heavy atom. The third kappa shape index (κ3) is 4.58. The molecule has 0 saturated heterocycles. The Kier molecular flexibility index (Phi) is 5.71. The van der Waals surface area contributed by atoms with Crippen LogP contribution in [0.3, 0.4) is 0 Å². The summed E-state index contributed by atoms with van der Waals surface area (Å²) in [6, 6.07) is 8.88. The van der Waals surface area contributed by atoms with Gasteiger partial charge in [0.25, 0.3) is 0 Å². The highest BCUT2D eigenvalue weighted by atomic mass is 15.1. The Morgan fingerprint density at radius 3 is 2.00 bits per heavy atom. The van der Waals surface area contributed by atoms with E-state index in [1.54, 1.807) is 0 Å². The van der Waals surface area contributed by atoms with Gasteiger partial charge in [-0.2, -0.15) is 0 Å². The van der Waals surface area contributed by atoms with Gasteiger partial charge in [-0.05, 0) is 17.0 Å². The predicted octanol–water partition coefficient (Wildman–Crippen LogP) is 3.98. The fraction of sp³-hybridized carbons (Fsp3) is 0.375. The van der Waals surface area contributed by atoms with Crippen molar-refractivity contribution in [2.24, 2.45) is 0 Å². The van der Waals surface area contributed by atoms with Gasteiger partial charge in [0.15, 0.2) is 0 Å². The molecule has 0 bridgehead atoms. The van der Waals surface area contributed by atoms with Crippen LogP contribution in [0.1, 0.15) is 30.9 Å². The van der Waals surface area contributed by atoms with Crippen LogP contribution < -0.4 is 0 Å². The van der Waals surface area contributed by atoms with Gasteiger partial charge in [-0.25, -0.2) is 0 Å². The number of hydrogen-bond acceptors (Lipinski definition) is 1. The van der Waals surface area contributed by atoms with Crippen LogP contribution in [-0.2, 0) is 6.54 Å². The quantitative estimate of drug-likeness (QED) is 0.639. The second kappa shape index (κ2) is 7.08. The molecule has 1 rings (SSSR count). The van der Waals surface area contributed by atoms with Gasteiger partial charge in [-0.1, -0.05) is 50.3 Å². The monoisotopic (exact) mass is 229 g/mol. The van der Waals surface area contributed by atoms with Gasteiger partial charge in [-0.3, -0.25) is 4.90 Å². The zero-order valence-electron chi connectivity index (χ0n) is 11.0. The lowest BCUT2D eigenvalue weighted by molar-refractivity contribution is 0.328. The molecule has 17 heavy (non-hydrogen) atoms. The largest absolute Gasteiger partial charge is 0.292 e. The molecular weight excluding hydrogens is 206 g/mol. The number of benzene rings is 1. The zero-order chi connectivity index (χ0) is 12.7. The maximum Gasteiger partial charge on any atom is 0.0240 e. The smallest absolute Gasteiger partial charge is 0.0240 e. The lowest BCUT2D eigenvalue weighted by Gasteiger charge is -2.19. The normalized spacial score (nSPS) is 10.8. The molecule has 0 heterocycles. The Bertz CT molecular complexity index is 338. The van der Waals surface area contributed by atoms with Crippen LogP contribution in [0, 0.1) is 0 Å². The van der Waals surface area contributed by atoms with Crippen LogP contribution >= 0.6 is 0 Å². The van der Waals surface area contributed by atoms with Gasteiger partial charge in [0.2, 0.25) is 0 Å². The van der Waals surface area contributed by atoms with Crippen molar-refractivity contribution in [2.45, 2.75) is 26.3 Å². The second-order valence-corrected chi connectivity index (χ2v) is 4.67. The van der Waals surface area contributed by atoms with Gasteiger partial charge in [0.05, 0.1) is 0 Å². The van der Waals surface area contributed by atoms with E-state index < -0.39 is 0 Å². The van der Waals surface area contributed by atoms with E-state index in [1.165, 1.54) is 11.1 Å². The summed E-state index contributed by atoms with van der Waals surface area (Å²) >= 11 is 0. The average molecular weight is 229 g/mol. The van der Waals surface area contributed by atoms with Crippen molar-refractivity contribution in [3.63, 3.8) is 0 Å². The summed E-state index contributed by atoms with van der Waals surface area (Å²) in [5.41, 5.74) is 2.74. The van der Waals surface area contributed by atoms with Crippen molar-refractivity contribution < 1.29 is 0 Å². The van der Waals surface area contributed by atoms with Gasteiger partial charge >= 0.3 is 0 Å². The maximum atomic E-state index is 3.79. The Labute approximate surface area is 105 Å². The standard InChI is InChI=1S/C16H23N/c1-5-11-17(12-6-2)13-15-7-9-16(10-8-15)14(3)4/h5-10,14H,1-2,11-13H2,3-4H3. The Hall–Kier alpha value is -1.34. The molecule has 0 atom stereocenters. The van der Waals surface area contributed by atoms with Crippen molar-refractivity contribution in [1.82, 2.24) is 4.90 Å². The number of hydrogen-bond donors (Lipinski definition) is 0. The molecule has 1 heteroatoms. The molecule has 0 amide bonds. The van der Waals surface area contributed by atoms with E-state index >= 15 is 0 Å². The molecule has 0 N–H and O–H groups in total. The fourth-order valence-corrected chi connectivity index (χ4v) is 1.83. The topological polar surface area (TPSA) is 3.24 Å². The Morgan fingerprint density at radius 1 is 1.06 bits per heavy atom. The van der Waals surface area contributed by atoms with Crippen molar-refractivity contribution in [3.05, 3.63) is 60.7 Å². The second-order valence-electron chi connectivity index (χ2n) is 4.67. The fourth-order valence-electron chi connectivity index (χ4n) is 1.83. The van der Waals surface area contributed by atoms with Crippen LogP contribution in [0.4, 0.5) is 0 Å². The van der Waals surface area contributed by atoms with Gasteiger partial charge in [0.1, 0.15) is 0 Å². The zero-order valence-corrected chi connectivity index (χ0v) is 11.0. The van der Waals surface area contributed by atoms with Crippen molar-refractivity contribution in [2.75, 3.05) is 13.1 Å². The van der Waals surface area contributed by atoms with Crippen LogP contribution in [0.5, 0.6) is 0 Å². The average Bonchev–Trinajstić information content (AvgIpc) is 2.30. The molecule has 1 aromatic rings. The summed E-state index contributed by atoms with van der Waals surface area (Å²) in [4.78, 5) is 2.31. The third-order valence-electron chi connectivity index (χ3n) is 2.83. The molecule has 0 fully saturated rings. The molecule has 0 radical (unpaired) electrons. The summed E-state index contributed by atoms with van der Waals surface area (Å²) in [7, 11) is 0. The number of rotatable bonds is 7. The minimum Gasteiger partial charge on any atom is -0.292 e. The summed E-state index contributed by atoms with van der Waals surface area (Å²) < 4.78 is 0.